The van der Waals surface area contributed by atoms with Gasteiger partial charge in [0.25, 0.3) is 0 Å². The van der Waals surface area contributed by atoms with Crippen molar-refractivity contribution < 1.29 is 14.6 Å². The second kappa shape index (κ2) is 3.00. The SMILES string of the molecule is O=C1C=C2C=C[C@@H]3C[C@@]2(O1)[C@H]1C[C@@H](O)CCN31. The van der Waals surface area contributed by atoms with Gasteiger partial charge in [-0.05, 0) is 12.8 Å². The molecule has 2 fully saturated rings. The Morgan fingerprint density at radius 2 is 2.41 bits per heavy atom. The topological polar surface area (TPSA) is 49.8 Å². The highest BCUT2D eigenvalue weighted by Crippen LogP contribution is 2.51. The number of aliphatic hydroxyl groups is 1. The van der Waals surface area contributed by atoms with E-state index >= 15 is 0 Å². The van der Waals surface area contributed by atoms with Crippen LogP contribution in [0.5, 0.6) is 0 Å². The van der Waals surface area contributed by atoms with Crippen molar-refractivity contribution in [3.63, 3.8) is 0 Å². The van der Waals surface area contributed by atoms with E-state index in [0.717, 1.165) is 25.0 Å². The van der Waals surface area contributed by atoms with Crippen LogP contribution in [-0.4, -0.2) is 46.3 Å². The molecule has 2 bridgehead atoms. The maximum absolute atomic E-state index is 11.5. The van der Waals surface area contributed by atoms with E-state index in [1.54, 1.807) is 6.08 Å². The molecule has 17 heavy (non-hydrogen) atoms. The number of fused-ring (bicyclic) bond motifs is 3. The largest absolute Gasteiger partial charge is 0.449 e. The third kappa shape index (κ3) is 1.12. The van der Waals surface area contributed by atoms with Crippen molar-refractivity contribution in [1.82, 2.24) is 4.90 Å². The summed E-state index contributed by atoms with van der Waals surface area (Å²) in [4.78, 5) is 13.9. The first-order valence-electron chi connectivity index (χ1n) is 6.26. The van der Waals surface area contributed by atoms with Gasteiger partial charge in [0.2, 0.25) is 0 Å². The first-order chi connectivity index (χ1) is 8.19. The number of hydrogen-bond donors (Lipinski definition) is 1. The Labute approximate surface area is 99.5 Å². The number of carbonyl (C=O) groups is 1. The van der Waals surface area contributed by atoms with Gasteiger partial charge in [-0.3, -0.25) is 4.90 Å². The average molecular weight is 233 g/mol. The molecular formula is C13H15NO3. The third-order valence-corrected chi connectivity index (χ3v) is 4.64. The van der Waals surface area contributed by atoms with Gasteiger partial charge in [-0.2, -0.15) is 0 Å². The summed E-state index contributed by atoms with van der Waals surface area (Å²) < 4.78 is 5.63. The van der Waals surface area contributed by atoms with Crippen LogP contribution in [0.4, 0.5) is 0 Å². The van der Waals surface area contributed by atoms with Crippen molar-refractivity contribution in [2.24, 2.45) is 0 Å². The lowest BCUT2D eigenvalue weighted by atomic mass is 9.80. The van der Waals surface area contributed by atoms with Crippen molar-refractivity contribution in [2.45, 2.75) is 43.1 Å². The van der Waals surface area contributed by atoms with Crippen molar-refractivity contribution in [2.75, 3.05) is 6.54 Å². The number of carbonyl (C=O) groups excluding carboxylic acids is 1. The lowest BCUT2D eigenvalue weighted by Crippen LogP contribution is -2.51. The Bertz CT molecular complexity index is 456. The minimum atomic E-state index is -0.460. The fourth-order valence-corrected chi connectivity index (χ4v) is 3.90. The van der Waals surface area contributed by atoms with E-state index in [-0.39, 0.29) is 18.1 Å². The second-order valence-corrected chi connectivity index (χ2v) is 5.47. The fraction of sp³-hybridized carbons (Fsp3) is 0.615. The van der Waals surface area contributed by atoms with Crippen molar-refractivity contribution >= 4 is 5.97 Å². The molecule has 0 saturated carbocycles. The van der Waals surface area contributed by atoms with Crippen LogP contribution in [0.1, 0.15) is 19.3 Å². The number of rotatable bonds is 0. The molecule has 1 aliphatic carbocycles. The van der Waals surface area contributed by atoms with E-state index < -0.39 is 5.60 Å². The quantitative estimate of drug-likeness (QED) is 0.614. The van der Waals surface area contributed by atoms with E-state index in [0.29, 0.717) is 12.5 Å². The monoisotopic (exact) mass is 233 g/mol. The molecule has 3 aliphatic heterocycles. The Hall–Kier alpha value is -1.13. The zero-order valence-electron chi connectivity index (χ0n) is 9.50. The third-order valence-electron chi connectivity index (χ3n) is 4.64. The highest BCUT2D eigenvalue weighted by Gasteiger charge is 2.60. The lowest BCUT2D eigenvalue weighted by Gasteiger charge is -2.39. The molecule has 4 nitrogen and oxygen atoms in total. The van der Waals surface area contributed by atoms with Gasteiger partial charge in [0, 0.05) is 30.7 Å². The Kier molecular flexibility index (Phi) is 1.74. The van der Waals surface area contributed by atoms with Gasteiger partial charge in [0.1, 0.15) is 0 Å². The van der Waals surface area contributed by atoms with Crippen molar-refractivity contribution in [1.29, 1.82) is 0 Å². The molecule has 4 atom stereocenters. The van der Waals surface area contributed by atoms with E-state index in [1.165, 1.54) is 0 Å². The lowest BCUT2D eigenvalue weighted by molar-refractivity contribution is -0.149. The minimum absolute atomic E-state index is 0.156. The molecule has 90 valence electrons. The van der Waals surface area contributed by atoms with Gasteiger partial charge in [-0.1, -0.05) is 12.2 Å². The molecule has 2 saturated heterocycles. The second-order valence-electron chi connectivity index (χ2n) is 5.47. The average Bonchev–Trinajstić information content (AvgIpc) is 2.75. The molecule has 0 unspecified atom stereocenters. The van der Waals surface area contributed by atoms with Crippen molar-refractivity contribution in [3.05, 3.63) is 23.8 Å². The number of nitrogens with zero attached hydrogens (tertiary/aromatic N) is 1. The standard InChI is InChI=1S/C13H15NO3/c15-10-3-4-14-9-2-1-8-5-12(16)17-13(8,7-9)11(14)6-10/h1-2,5,9-11,15H,3-4,6-7H2/t9-,10+,11-,13+/m1/s1. The highest BCUT2D eigenvalue weighted by molar-refractivity contribution is 5.88. The molecule has 1 spiro atoms. The molecule has 4 heteroatoms. The van der Waals surface area contributed by atoms with E-state index in [2.05, 4.69) is 11.0 Å². The van der Waals surface area contributed by atoms with Crippen LogP contribution >= 0.6 is 0 Å². The van der Waals surface area contributed by atoms with E-state index in [1.807, 2.05) is 6.08 Å². The van der Waals surface area contributed by atoms with E-state index in [4.69, 9.17) is 4.74 Å². The summed E-state index contributed by atoms with van der Waals surface area (Å²) in [6.45, 7) is 0.896. The van der Waals surface area contributed by atoms with Crippen molar-refractivity contribution in [3.8, 4) is 0 Å². The predicted octanol–water partition coefficient (Wildman–Crippen LogP) is 0.376. The number of hydrogen-bond acceptors (Lipinski definition) is 4. The zero-order chi connectivity index (χ0) is 11.6. The molecule has 0 aromatic carbocycles. The molecule has 1 N–H and O–H groups in total. The van der Waals surface area contributed by atoms with E-state index in [9.17, 15) is 9.90 Å². The number of ether oxygens (including phenoxy) is 1. The summed E-state index contributed by atoms with van der Waals surface area (Å²) in [6.07, 6.45) is 7.95. The summed E-state index contributed by atoms with van der Waals surface area (Å²) in [5.41, 5.74) is 0.540. The van der Waals surface area contributed by atoms with Crippen LogP contribution in [0.2, 0.25) is 0 Å². The van der Waals surface area contributed by atoms with Gasteiger partial charge < -0.3 is 9.84 Å². The van der Waals surface area contributed by atoms with Crippen LogP contribution in [0.25, 0.3) is 0 Å². The summed E-state index contributed by atoms with van der Waals surface area (Å²) in [7, 11) is 0. The van der Waals surface area contributed by atoms with Crippen LogP contribution in [-0.2, 0) is 9.53 Å². The summed E-state index contributed by atoms with van der Waals surface area (Å²) in [5.74, 6) is -0.229. The maximum Gasteiger partial charge on any atom is 0.332 e. The van der Waals surface area contributed by atoms with Crippen LogP contribution in [0.3, 0.4) is 0 Å². The smallest absolute Gasteiger partial charge is 0.332 e. The van der Waals surface area contributed by atoms with Gasteiger partial charge in [-0.15, -0.1) is 0 Å². The molecular weight excluding hydrogens is 218 g/mol. The molecule has 4 rings (SSSR count). The summed E-state index contributed by atoms with van der Waals surface area (Å²) in [5, 5.41) is 9.85. The molecule has 0 aromatic rings. The number of aliphatic hydroxyl groups excluding tert-OH is 1. The molecule has 3 heterocycles. The van der Waals surface area contributed by atoms with Gasteiger partial charge in [-0.25, -0.2) is 4.79 Å². The van der Waals surface area contributed by atoms with Gasteiger partial charge in [0.15, 0.2) is 5.60 Å². The first kappa shape index (κ1) is 9.85. The molecule has 4 aliphatic rings. The number of piperidine rings is 1. The Balaban J connectivity index is 1.81. The van der Waals surface area contributed by atoms with Crippen LogP contribution in [0.15, 0.2) is 23.8 Å². The normalized spacial score (nSPS) is 47.5. The zero-order valence-corrected chi connectivity index (χ0v) is 9.50. The first-order valence-corrected chi connectivity index (χ1v) is 6.26. The van der Waals surface area contributed by atoms with Gasteiger partial charge >= 0.3 is 5.97 Å². The highest BCUT2D eigenvalue weighted by atomic mass is 16.6. The van der Waals surface area contributed by atoms with Crippen LogP contribution < -0.4 is 0 Å². The molecule has 0 radical (unpaired) electrons. The molecule has 0 amide bonds. The minimum Gasteiger partial charge on any atom is -0.449 e. The Morgan fingerprint density at radius 3 is 3.29 bits per heavy atom. The fourth-order valence-electron chi connectivity index (χ4n) is 3.90. The molecule has 0 aromatic heterocycles. The predicted molar refractivity (Wildman–Crippen MR) is 60.2 cm³/mol. The maximum atomic E-state index is 11.5. The summed E-state index contributed by atoms with van der Waals surface area (Å²) >= 11 is 0. The summed E-state index contributed by atoms with van der Waals surface area (Å²) in [6, 6.07) is 0.527. The van der Waals surface area contributed by atoms with Crippen LogP contribution in [0, 0.1) is 0 Å². The Morgan fingerprint density at radius 1 is 1.53 bits per heavy atom. The van der Waals surface area contributed by atoms with Gasteiger partial charge in [0.05, 0.1) is 12.1 Å². The number of esters is 1.